The number of hydrogen-bond acceptors (Lipinski definition) is 2. The Morgan fingerprint density at radius 2 is 1.44 bits per heavy atom. The van der Waals surface area contributed by atoms with Crippen molar-refractivity contribution in [1.29, 1.82) is 0 Å². The van der Waals surface area contributed by atoms with E-state index in [2.05, 4.69) is 44.4 Å². The number of unbranched alkanes of at least 4 members (excludes halogenated alkanes) is 1. The Morgan fingerprint density at radius 1 is 0.889 bits per heavy atom. The molecule has 1 saturated heterocycles. The van der Waals surface area contributed by atoms with Crippen molar-refractivity contribution in [2.75, 3.05) is 39.3 Å². The van der Waals surface area contributed by atoms with Gasteiger partial charge in [-0.3, -0.25) is 0 Å². The maximum atomic E-state index is 2.65. The topological polar surface area (TPSA) is 6.48 Å². The average Bonchev–Trinajstić information content (AvgIpc) is 2.24. The van der Waals surface area contributed by atoms with Gasteiger partial charge in [0, 0.05) is 32.7 Å². The van der Waals surface area contributed by atoms with Gasteiger partial charge < -0.3 is 9.80 Å². The molecule has 0 aliphatic carbocycles. The Labute approximate surface area is 115 Å². The molecule has 0 saturated carbocycles. The van der Waals surface area contributed by atoms with Gasteiger partial charge in [0.05, 0.1) is 0 Å². The van der Waals surface area contributed by atoms with E-state index < -0.39 is 0 Å². The van der Waals surface area contributed by atoms with Crippen molar-refractivity contribution in [2.24, 2.45) is 11.3 Å². The molecular formula is C16H34N2. The van der Waals surface area contributed by atoms with E-state index in [9.17, 15) is 0 Å². The van der Waals surface area contributed by atoms with E-state index in [1.54, 1.807) is 0 Å². The van der Waals surface area contributed by atoms with Crippen LogP contribution in [0.3, 0.4) is 0 Å². The maximum absolute atomic E-state index is 2.65. The standard InChI is InChI=1S/C16H34N2/c1-15(2)8-6-7-9-17-10-12-18(13-11-17)14-16(3,4)5/h15H,6-14H2,1-5H3. The molecule has 1 heterocycles. The molecule has 18 heavy (non-hydrogen) atoms. The predicted molar refractivity (Wildman–Crippen MR) is 81.0 cm³/mol. The second-order valence-electron chi connectivity index (χ2n) is 7.57. The fourth-order valence-electron chi connectivity index (χ4n) is 2.73. The van der Waals surface area contributed by atoms with E-state index in [4.69, 9.17) is 0 Å². The fraction of sp³-hybridized carbons (Fsp3) is 1.00. The van der Waals surface area contributed by atoms with Gasteiger partial charge in [0.2, 0.25) is 0 Å². The van der Waals surface area contributed by atoms with Crippen molar-refractivity contribution in [3.63, 3.8) is 0 Å². The number of hydrogen-bond donors (Lipinski definition) is 0. The third-order valence-electron chi connectivity index (χ3n) is 3.67. The zero-order chi connectivity index (χ0) is 13.6. The number of nitrogens with zero attached hydrogens (tertiary/aromatic N) is 2. The summed E-state index contributed by atoms with van der Waals surface area (Å²) in [6.07, 6.45) is 4.18. The van der Waals surface area contributed by atoms with Crippen molar-refractivity contribution in [3.8, 4) is 0 Å². The smallest absolute Gasteiger partial charge is 0.0110 e. The second-order valence-corrected chi connectivity index (χ2v) is 7.57. The number of rotatable bonds is 6. The first-order valence-electron chi connectivity index (χ1n) is 7.81. The summed E-state index contributed by atoms with van der Waals surface area (Å²) in [5.74, 6) is 0.869. The van der Waals surface area contributed by atoms with Crippen molar-refractivity contribution < 1.29 is 0 Å². The van der Waals surface area contributed by atoms with E-state index in [1.807, 2.05) is 0 Å². The molecule has 1 aliphatic rings. The zero-order valence-electron chi connectivity index (χ0n) is 13.3. The molecule has 0 unspecified atom stereocenters. The largest absolute Gasteiger partial charge is 0.301 e. The minimum absolute atomic E-state index is 0.444. The molecule has 1 rings (SSSR count). The van der Waals surface area contributed by atoms with E-state index >= 15 is 0 Å². The Morgan fingerprint density at radius 3 is 1.94 bits per heavy atom. The van der Waals surface area contributed by atoms with Gasteiger partial charge in [-0.05, 0) is 24.3 Å². The van der Waals surface area contributed by atoms with E-state index in [0.29, 0.717) is 5.41 Å². The van der Waals surface area contributed by atoms with Crippen LogP contribution in [0.25, 0.3) is 0 Å². The summed E-state index contributed by atoms with van der Waals surface area (Å²) in [5, 5.41) is 0. The van der Waals surface area contributed by atoms with Gasteiger partial charge in [-0.15, -0.1) is 0 Å². The van der Waals surface area contributed by atoms with Crippen LogP contribution in [0.1, 0.15) is 53.9 Å². The van der Waals surface area contributed by atoms with Gasteiger partial charge in [0.15, 0.2) is 0 Å². The molecule has 0 aromatic heterocycles. The van der Waals surface area contributed by atoms with Crippen LogP contribution in [0.5, 0.6) is 0 Å². The van der Waals surface area contributed by atoms with Gasteiger partial charge in [0.25, 0.3) is 0 Å². The molecule has 0 radical (unpaired) electrons. The van der Waals surface area contributed by atoms with Crippen molar-refractivity contribution >= 4 is 0 Å². The Bertz CT molecular complexity index is 210. The molecular weight excluding hydrogens is 220 g/mol. The lowest BCUT2D eigenvalue weighted by atomic mass is 9.96. The van der Waals surface area contributed by atoms with Crippen LogP contribution in [0, 0.1) is 11.3 Å². The van der Waals surface area contributed by atoms with E-state index in [1.165, 1.54) is 58.5 Å². The van der Waals surface area contributed by atoms with Gasteiger partial charge in [-0.1, -0.05) is 47.5 Å². The highest BCUT2D eigenvalue weighted by Crippen LogP contribution is 2.16. The lowest BCUT2D eigenvalue weighted by Crippen LogP contribution is -2.48. The SMILES string of the molecule is CC(C)CCCCN1CCN(CC(C)(C)C)CC1. The fourth-order valence-corrected chi connectivity index (χ4v) is 2.73. The highest BCUT2D eigenvalue weighted by Gasteiger charge is 2.21. The minimum atomic E-state index is 0.444. The summed E-state index contributed by atoms with van der Waals surface area (Å²) >= 11 is 0. The first-order valence-corrected chi connectivity index (χ1v) is 7.81. The summed E-state index contributed by atoms with van der Waals surface area (Å²) in [4.78, 5) is 5.28. The van der Waals surface area contributed by atoms with Crippen molar-refractivity contribution in [1.82, 2.24) is 9.80 Å². The van der Waals surface area contributed by atoms with Gasteiger partial charge in [-0.25, -0.2) is 0 Å². The molecule has 0 aromatic carbocycles. The summed E-state index contributed by atoms with van der Waals surface area (Å²) in [6.45, 7) is 19.3. The van der Waals surface area contributed by atoms with Gasteiger partial charge in [0.1, 0.15) is 0 Å². The first-order chi connectivity index (χ1) is 8.37. The third kappa shape index (κ3) is 7.38. The molecule has 2 heteroatoms. The maximum Gasteiger partial charge on any atom is 0.0110 e. The summed E-state index contributed by atoms with van der Waals surface area (Å²) in [6, 6.07) is 0. The van der Waals surface area contributed by atoms with E-state index in [-0.39, 0.29) is 0 Å². The Balaban J connectivity index is 2.08. The molecule has 0 aromatic rings. The van der Waals surface area contributed by atoms with Crippen LogP contribution in [-0.2, 0) is 0 Å². The van der Waals surface area contributed by atoms with Crippen molar-refractivity contribution in [2.45, 2.75) is 53.9 Å². The predicted octanol–water partition coefficient (Wildman–Crippen LogP) is 3.48. The highest BCUT2D eigenvalue weighted by molar-refractivity contribution is 4.76. The molecule has 0 N–H and O–H groups in total. The molecule has 0 atom stereocenters. The Hall–Kier alpha value is -0.0800. The normalized spacial score (nSPS) is 19.7. The van der Waals surface area contributed by atoms with E-state index in [0.717, 1.165) is 5.92 Å². The zero-order valence-corrected chi connectivity index (χ0v) is 13.3. The van der Waals surface area contributed by atoms with Crippen LogP contribution in [0.2, 0.25) is 0 Å². The van der Waals surface area contributed by atoms with Crippen LogP contribution < -0.4 is 0 Å². The second kappa shape index (κ2) is 7.49. The summed E-state index contributed by atoms with van der Waals surface area (Å²) in [7, 11) is 0. The lowest BCUT2D eigenvalue weighted by Gasteiger charge is -2.37. The first kappa shape index (κ1) is 16.0. The van der Waals surface area contributed by atoms with Crippen molar-refractivity contribution in [3.05, 3.63) is 0 Å². The van der Waals surface area contributed by atoms with Gasteiger partial charge in [-0.2, -0.15) is 0 Å². The van der Waals surface area contributed by atoms with Crippen LogP contribution in [-0.4, -0.2) is 49.1 Å². The average molecular weight is 254 g/mol. The molecule has 0 amide bonds. The van der Waals surface area contributed by atoms with Crippen LogP contribution in [0.4, 0.5) is 0 Å². The lowest BCUT2D eigenvalue weighted by molar-refractivity contribution is 0.101. The minimum Gasteiger partial charge on any atom is -0.301 e. The van der Waals surface area contributed by atoms with Gasteiger partial charge >= 0.3 is 0 Å². The quantitative estimate of drug-likeness (QED) is 0.670. The molecule has 1 aliphatic heterocycles. The molecule has 0 bridgehead atoms. The summed E-state index contributed by atoms with van der Waals surface area (Å²) < 4.78 is 0. The number of piperazine rings is 1. The molecule has 108 valence electrons. The van der Waals surface area contributed by atoms with Crippen LogP contribution in [0.15, 0.2) is 0 Å². The molecule has 2 nitrogen and oxygen atoms in total. The molecule has 0 spiro atoms. The molecule has 1 fully saturated rings. The summed E-state index contributed by atoms with van der Waals surface area (Å²) in [5.41, 5.74) is 0.444. The van der Waals surface area contributed by atoms with Crippen LogP contribution >= 0.6 is 0 Å². The Kier molecular flexibility index (Phi) is 6.65. The monoisotopic (exact) mass is 254 g/mol. The highest BCUT2D eigenvalue weighted by atomic mass is 15.3. The third-order valence-corrected chi connectivity index (χ3v) is 3.67.